The number of benzene rings is 3. The maximum Gasteiger partial charge on any atom is 0.323 e. The number of hydrogen-bond acceptors (Lipinski definition) is 4. The summed E-state index contributed by atoms with van der Waals surface area (Å²) in [5.74, 6) is -0.292. The molecule has 0 aliphatic rings. The van der Waals surface area contributed by atoms with Crippen molar-refractivity contribution in [3.8, 4) is 11.3 Å². The van der Waals surface area contributed by atoms with Gasteiger partial charge in [-0.25, -0.2) is 4.98 Å². The summed E-state index contributed by atoms with van der Waals surface area (Å²) < 4.78 is 5.13. The van der Waals surface area contributed by atoms with Gasteiger partial charge in [0.1, 0.15) is 6.04 Å². The Hall–Kier alpha value is -2.63. The zero-order valence-corrected chi connectivity index (χ0v) is 22.0. The van der Waals surface area contributed by atoms with Gasteiger partial charge in [-0.15, -0.1) is 0 Å². The molecule has 0 amide bonds. The SMILES string of the molecule is COC(=O)C(Cc1ccc2nc(-c3c(Cl)cccc3Cl)ccc2c1)N(C)Cc1c(C)cccc1Cl. The van der Waals surface area contributed by atoms with Crippen LogP contribution in [0.15, 0.2) is 66.7 Å². The van der Waals surface area contributed by atoms with E-state index in [0.717, 1.165) is 27.6 Å². The van der Waals surface area contributed by atoms with E-state index in [2.05, 4.69) is 0 Å². The molecule has 180 valence electrons. The van der Waals surface area contributed by atoms with E-state index in [1.54, 1.807) is 12.1 Å². The minimum Gasteiger partial charge on any atom is -0.468 e. The summed E-state index contributed by atoms with van der Waals surface area (Å²) in [6.07, 6.45) is 0.487. The van der Waals surface area contributed by atoms with Crippen molar-refractivity contribution in [3.63, 3.8) is 0 Å². The van der Waals surface area contributed by atoms with Crippen molar-refractivity contribution in [1.82, 2.24) is 9.88 Å². The molecule has 0 radical (unpaired) electrons. The number of esters is 1. The molecule has 35 heavy (non-hydrogen) atoms. The van der Waals surface area contributed by atoms with Crippen molar-refractivity contribution >= 4 is 51.7 Å². The molecule has 4 rings (SSSR count). The highest BCUT2D eigenvalue weighted by molar-refractivity contribution is 6.39. The van der Waals surface area contributed by atoms with Gasteiger partial charge in [0.25, 0.3) is 0 Å². The molecule has 1 heterocycles. The maximum atomic E-state index is 12.7. The van der Waals surface area contributed by atoms with Crippen LogP contribution >= 0.6 is 34.8 Å². The van der Waals surface area contributed by atoms with Crippen molar-refractivity contribution in [3.05, 3.63) is 98.5 Å². The monoisotopic (exact) mass is 526 g/mol. The number of pyridine rings is 1. The molecule has 1 aromatic heterocycles. The van der Waals surface area contributed by atoms with Crippen LogP contribution in [0.3, 0.4) is 0 Å². The van der Waals surface area contributed by atoms with E-state index in [0.29, 0.717) is 39.3 Å². The van der Waals surface area contributed by atoms with Gasteiger partial charge in [0.05, 0.1) is 28.4 Å². The van der Waals surface area contributed by atoms with E-state index < -0.39 is 6.04 Å². The minimum absolute atomic E-state index is 0.292. The number of likely N-dealkylation sites (N-methyl/N-ethyl adjacent to an activating group) is 1. The van der Waals surface area contributed by atoms with Crippen molar-refractivity contribution in [2.24, 2.45) is 0 Å². The van der Waals surface area contributed by atoms with E-state index in [1.807, 2.05) is 73.5 Å². The second-order valence-electron chi connectivity index (χ2n) is 8.51. The number of hydrogen-bond donors (Lipinski definition) is 0. The first-order valence-corrected chi connectivity index (χ1v) is 12.3. The second-order valence-corrected chi connectivity index (χ2v) is 9.74. The summed E-state index contributed by atoms with van der Waals surface area (Å²) in [6.45, 7) is 2.55. The highest BCUT2D eigenvalue weighted by Gasteiger charge is 2.25. The van der Waals surface area contributed by atoms with Crippen molar-refractivity contribution in [1.29, 1.82) is 0 Å². The van der Waals surface area contributed by atoms with Gasteiger partial charge in [0.15, 0.2) is 0 Å². The van der Waals surface area contributed by atoms with Crippen LogP contribution in [0.5, 0.6) is 0 Å². The molecule has 0 N–H and O–H groups in total. The lowest BCUT2D eigenvalue weighted by Gasteiger charge is -2.27. The number of carbonyl (C=O) groups excluding carboxylic acids is 1. The van der Waals surface area contributed by atoms with Crippen LogP contribution in [-0.4, -0.2) is 36.1 Å². The molecule has 0 aliphatic carbocycles. The Labute approximate surface area is 220 Å². The third kappa shape index (κ3) is 5.62. The molecule has 4 aromatic rings. The van der Waals surface area contributed by atoms with Crippen molar-refractivity contribution < 1.29 is 9.53 Å². The molecule has 4 nitrogen and oxygen atoms in total. The standard InChI is InChI=1S/C28H25Cl3N2O2/c1-17-6-4-7-21(29)20(17)16-33(2)26(28(34)35-3)15-18-10-12-24-19(14-18)11-13-25(32-24)27-22(30)8-5-9-23(27)31/h4-14,26H,15-16H2,1-3H3. The number of ether oxygens (including phenoxy) is 1. The lowest BCUT2D eigenvalue weighted by molar-refractivity contribution is -0.146. The first kappa shape index (κ1) is 25.5. The highest BCUT2D eigenvalue weighted by Crippen LogP contribution is 2.34. The van der Waals surface area contributed by atoms with Crippen LogP contribution in [0.1, 0.15) is 16.7 Å². The fourth-order valence-electron chi connectivity index (χ4n) is 4.19. The third-order valence-electron chi connectivity index (χ3n) is 6.17. The molecular weight excluding hydrogens is 503 g/mol. The molecule has 0 spiro atoms. The third-order valence-corrected chi connectivity index (χ3v) is 7.15. The summed E-state index contributed by atoms with van der Waals surface area (Å²) in [4.78, 5) is 19.5. The largest absolute Gasteiger partial charge is 0.468 e. The predicted octanol–water partition coefficient (Wildman–Crippen LogP) is 7.39. The maximum absolute atomic E-state index is 12.7. The second kappa shape index (κ2) is 11.0. The van der Waals surface area contributed by atoms with Crippen molar-refractivity contribution in [2.75, 3.05) is 14.2 Å². The van der Waals surface area contributed by atoms with E-state index >= 15 is 0 Å². The fourth-order valence-corrected chi connectivity index (χ4v) is 5.06. The van der Waals surface area contributed by atoms with Crippen LogP contribution in [0.4, 0.5) is 0 Å². The molecule has 3 aromatic carbocycles. The van der Waals surface area contributed by atoms with Gasteiger partial charge in [-0.1, -0.05) is 65.1 Å². The smallest absolute Gasteiger partial charge is 0.323 e. The normalized spacial score (nSPS) is 12.2. The Bertz CT molecular complexity index is 1350. The van der Waals surface area contributed by atoms with Crippen LogP contribution in [-0.2, 0) is 22.5 Å². The summed E-state index contributed by atoms with van der Waals surface area (Å²) in [5, 5.41) is 2.76. The molecule has 0 saturated carbocycles. The average Bonchev–Trinajstić information content (AvgIpc) is 2.84. The number of carbonyl (C=O) groups is 1. The number of fused-ring (bicyclic) bond motifs is 1. The number of methoxy groups -OCH3 is 1. The van der Waals surface area contributed by atoms with E-state index in [4.69, 9.17) is 44.5 Å². The van der Waals surface area contributed by atoms with Gasteiger partial charge in [0.2, 0.25) is 0 Å². The number of rotatable bonds is 7. The molecule has 1 unspecified atom stereocenters. The van der Waals surface area contributed by atoms with E-state index in [1.165, 1.54) is 7.11 Å². The number of nitrogens with zero attached hydrogens (tertiary/aromatic N) is 2. The molecule has 0 fully saturated rings. The Morgan fingerprint density at radius 2 is 1.66 bits per heavy atom. The van der Waals surface area contributed by atoms with Crippen LogP contribution in [0, 0.1) is 6.92 Å². The molecule has 7 heteroatoms. The first-order chi connectivity index (χ1) is 16.8. The van der Waals surface area contributed by atoms with Gasteiger partial charge >= 0.3 is 5.97 Å². The summed E-state index contributed by atoms with van der Waals surface area (Å²) in [5.41, 5.74) is 5.32. The van der Waals surface area contributed by atoms with Gasteiger partial charge in [0, 0.05) is 22.5 Å². The zero-order valence-electron chi connectivity index (χ0n) is 19.7. The van der Waals surface area contributed by atoms with E-state index in [9.17, 15) is 4.79 Å². The predicted molar refractivity (Wildman–Crippen MR) is 144 cm³/mol. The first-order valence-electron chi connectivity index (χ1n) is 11.1. The number of aryl methyl sites for hydroxylation is 1. The topological polar surface area (TPSA) is 42.4 Å². The van der Waals surface area contributed by atoms with Gasteiger partial charge in [-0.2, -0.15) is 0 Å². The fraction of sp³-hybridized carbons (Fsp3) is 0.214. The molecular formula is C28H25Cl3N2O2. The quantitative estimate of drug-likeness (QED) is 0.235. The average molecular weight is 528 g/mol. The molecule has 1 atom stereocenters. The molecule has 0 bridgehead atoms. The van der Waals surface area contributed by atoms with Crippen molar-refractivity contribution in [2.45, 2.75) is 25.9 Å². The van der Waals surface area contributed by atoms with Crippen LogP contribution in [0.25, 0.3) is 22.2 Å². The number of aromatic nitrogens is 1. The van der Waals surface area contributed by atoms with E-state index in [-0.39, 0.29) is 5.97 Å². The highest BCUT2D eigenvalue weighted by atomic mass is 35.5. The zero-order chi connectivity index (χ0) is 25.1. The number of halogens is 3. The van der Waals surface area contributed by atoms with Gasteiger partial charge in [-0.05, 0) is 73.5 Å². The Morgan fingerprint density at radius 1 is 0.971 bits per heavy atom. The molecule has 0 aliphatic heterocycles. The van der Waals surface area contributed by atoms with Crippen LogP contribution < -0.4 is 0 Å². The summed E-state index contributed by atoms with van der Waals surface area (Å²) in [6, 6.07) is 20.6. The summed E-state index contributed by atoms with van der Waals surface area (Å²) in [7, 11) is 3.32. The Morgan fingerprint density at radius 3 is 2.34 bits per heavy atom. The minimum atomic E-state index is -0.470. The van der Waals surface area contributed by atoms with Gasteiger partial charge < -0.3 is 4.74 Å². The Kier molecular flexibility index (Phi) is 7.98. The Balaban J connectivity index is 1.61. The van der Waals surface area contributed by atoms with Gasteiger partial charge in [-0.3, -0.25) is 9.69 Å². The molecule has 0 saturated heterocycles. The lowest BCUT2D eigenvalue weighted by Crippen LogP contribution is -2.40. The van der Waals surface area contributed by atoms with Crippen LogP contribution in [0.2, 0.25) is 15.1 Å². The lowest BCUT2D eigenvalue weighted by atomic mass is 10.0. The summed E-state index contributed by atoms with van der Waals surface area (Å²) >= 11 is 19.2.